The molecule has 0 spiro atoms. The van der Waals surface area contributed by atoms with E-state index in [4.69, 9.17) is 4.74 Å². The molecule has 5 nitrogen and oxygen atoms in total. The van der Waals surface area contributed by atoms with Crippen molar-refractivity contribution in [1.29, 1.82) is 0 Å². The van der Waals surface area contributed by atoms with Crippen LogP contribution >= 0.6 is 0 Å². The Morgan fingerprint density at radius 1 is 0.964 bits per heavy atom. The molecule has 0 N–H and O–H groups in total. The predicted molar refractivity (Wildman–Crippen MR) is 112 cm³/mol. The van der Waals surface area contributed by atoms with Gasteiger partial charge in [-0.3, -0.25) is 4.99 Å². The molecule has 3 aliphatic rings. The summed E-state index contributed by atoms with van der Waals surface area (Å²) in [5.41, 5.74) is 2.26. The molecule has 1 fully saturated rings. The average Bonchev–Trinajstić information content (AvgIpc) is 3.13. The normalized spacial score (nSPS) is 23.7. The van der Waals surface area contributed by atoms with Crippen molar-refractivity contribution in [3.63, 3.8) is 0 Å². The number of fused-ring (bicyclic) bond motifs is 1. The van der Waals surface area contributed by atoms with E-state index >= 15 is 0 Å². The van der Waals surface area contributed by atoms with Gasteiger partial charge in [-0.05, 0) is 62.6 Å². The first-order valence-electron chi connectivity index (χ1n) is 9.68. The zero-order valence-electron chi connectivity index (χ0n) is 15.9. The zero-order valence-corrected chi connectivity index (χ0v) is 15.9. The Morgan fingerprint density at radius 3 is 2.43 bits per heavy atom. The van der Waals surface area contributed by atoms with Gasteiger partial charge >= 0.3 is 0 Å². The average molecular weight is 371 g/mol. The summed E-state index contributed by atoms with van der Waals surface area (Å²) in [5, 5.41) is 2.45. The standard InChI is InChI=1S/C23H23N4O/c1-23(12-5-13-23)26(27-15-14-24-16-20(27)17-25-18-27)19-8-10-22(11-9-19)28-21-6-3-2-4-7-21/h2-4,6-11,14-18H,5,12-13H2,1H3/q+1. The molecule has 1 aliphatic carbocycles. The third-order valence-corrected chi connectivity index (χ3v) is 5.78. The summed E-state index contributed by atoms with van der Waals surface area (Å²) in [5.74, 6) is 1.67. The summed E-state index contributed by atoms with van der Waals surface area (Å²) in [7, 11) is 0. The van der Waals surface area contributed by atoms with Gasteiger partial charge in [-0.25, -0.2) is 10.0 Å². The Bertz CT molecular complexity index is 987. The molecule has 0 amide bonds. The number of allylic oxidation sites excluding steroid dienone is 1. The number of hydrogen-bond donors (Lipinski definition) is 0. The van der Waals surface area contributed by atoms with Crippen molar-refractivity contribution in [3.05, 3.63) is 78.9 Å². The van der Waals surface area contributed by atoms with Gasteiger partial charge in [0.05, 0.1) is 29.8 Å². The molecule has 1 saturated carbocycles. The molecule has 0 saturated heterocycles. The van der Waals surface area contributed by atoms with E-state index < -0.39 is 0 Å². The van der Waals surface area contributed by atoms with Crippen LogP contribution in [0.5, 0.6) is 11.5 Å². The molecule has 5 heteroatoms. The molecule has 2 heterocycles. The van der Waals surface area contributed by atoms with Crippen LogP contribution in [0, 0.1) is 0 Å². The van der Waals surface area contributed by atoms with Crippen LogP contribution in [0.1, 0.15) is 26.2 Å². The molecule has 28 heavy (non-hydrogen) atoms. The number of anilines is 1. The van der Waals surface area contributed by atoms with Gasteiger partial charge in [0.1, 0.15) is 11.5 Å². The van der Waals surface area contributed by atoms with Gasteiger partial charge in [0.25, 0.3) is 0 Å². The molecule has 0 bridgehead atoms. The topological polar surface area (TPSA) is 37.2 Å². The maximum absolute atomic E-state index is 5.97. The van der Waals surface area contributed by atoms with Gasteiger partial charge in [0, 0.05) is 0 Å². The van der Waals surface area contributed by atoms with Crippen LogP contribution in [0.3, 0.4) is 0 Å². The first-order chi connectivity index (χ1) is 13.7. The van der Waals surface area contributed by atoms with Crippen LogP contribution in [-0.2, 0) is 0 Å². The molecule has 140 valence electrons. The highest BCUT2D eigenvalue weighted by Crippen LogP contribution is 2.46. The smallest absolute Gasteiger partial charge is 0.225 e. The Hall–Kier alpha value is -3.18. The van der Waals surface area contributed by atoms with Crippen LogP contribution in [0.4, 0.5) is 5.69 Å². The van der Waals surface area contributed by atoms with Gasteiger partial charge in [-0.1, -0.05) is 18.2 Å². The first kappa shape index (κ1) is 17.0. The minimum Gasteiger partial charge on any atom is -0.457 e. The third-order valence-electron chi connectivity index (χ3n) is 5.78. The zero-order chi connectivity index (χ0) is 19.0. The number of nitrogens with zero attached hydrogens (tertiary/aromatic N) is 4. The number of quaternary nitrogens is 1. The lowest BCUT2D eigenvalue weighted by Crippen LogP contribution is -2.66. The van der Waals surface area contributed by atoms with E-state index in [1.165, 1.54) is 6.42 Å². The summed E-state index contributed by atoms with van der Waals surface area (Å²) in [6.45, 7) is 2.33. The second-order valence-electron chi connectivity index (χ2n) is 7.70. The van der Waals surface area contributed by atoms with Gasteiger partial charge in [0.15, 0.2) is 6.20 Å². The molecule has 1 unspecified atom stereocenters. The lowest BCUT2D eigenvalue weighted by molar-refractivity contribution is -0.750. The van der Waals surface area contributed by atoms with Crippen molar-refractivity contribution in [2.24, 2.45) is 9.98 Å². The number of aliphatic imine (C=N–C) groups is 2. The van der Waals surface area contributed by atoms with E-state index in [9.17, 15) is 0 Å². The summed E-state index contributed by atoms with van der Waals surface area (Å²) in [4.78, 5) is 8.78. The lowest BCUT2D eigenvalue weighted by Gasteiger charge is -2.53. The van der Waals surface area contributed by atoms with Crippen molar-refractivity contribution in [2.75, 3.05) is 5.01 Å². The van der Waals surface area contributed by atoms with E-state index in [0.29, 0.717) is 4.59 Å². The van der Waals surface area contributed by atoms with E-state index in [-0.39, 0.29) is 5.54 Å². The summed E-state index contributed by atoms with van der Waals surface area (Å²) >= 11 is 0. The molecule has 1 atom stereocenters. The fourth-order valence-electron chi connectivity index (χ4n) is 4.20. The highest BCUT2D eigenvalue weighted by atomic mass is 16.5. The Balaban J connectivity index is 1.51. The summed E-state index contributed by atoms with van der Waals surface area (Å²) in [6, 6.07) is 18.2. The molecule has 0 aromatic heterocycles. The Morgan fingerprint density at radius 2 is 1.71 bits per heavy atom. The molecular weight excluding hydrogens is 348 g/mol. The fraction of sp³-hybridized carbons (Fsp3) is 0.217. The minimum absolute atomic E-state index is 0.0623. The SMILES string of the molecule is CC1(N(c2ccc(Oc3ccccc3)cc2)[N+]23C=CN=CC2=CN=C3)CCC1. The first-order valence-corrected chi connectivity index (χ1v) is 9.68. The van der Waals surface area contributed by atoms with Gasteiger partial charge < -0.3 is 4.74 Å². The second kappa shape index (κ2) is 6.46. The molecule has 0 radical (unpaired) electrons. The number of para-hydroxylation sites is 1. The third kappa shape index (κ3) is 2.67. The number of ether oxygens (including phenoxy) is 1. The number of benzene rings is 2. The van der Waals surface area contributed by atoms with Gasteiger partial charge in [0.2, 0.25) is 12.0 Å². The summed E-state index contributed by atoms with van der Waals surface area (Å²) < 4.78 is 6.43. The molecule has 2 aromatic rings. The van der Waals surface area contributed by atoms with Crippen molar-refractivity contribution in [2.45, 2.75) is 31.7 Å². The number of hydrogen-bond acceptors (Lipinski definition) is 4. The van der Waals surface area contributed by atoms with Crippen molar-refractivity contribution in [3.8, 4) is 11.5 Å². The minimum atomic E-state index is 0.0623. The molecule has 2 aromatic carbocycles. The molecule has 5 rings (SSSR count). The lowest BCUT2D eigenvalue weighted by atomic mass is 9.77. The van der Waals surface area contributed by atoms with E-state index in [1.807, 2.05) is 67.4 Å². The van der Waals surface area contributed by atoms with Crippen LogP contribution in [0.25, 0.3) is 0 Å². The maximum Gasteiger partial charge on any atom is 0.225 e. The quantitative estimate of drug-likeness (QED) is 0.660. The van der Waals surface area contributed by atoms with Gasteiger partial charge in [-0.15, -0.1) is 4.59 Å². The van der Waals surface area contributed by atoms with Crippen LogP contribution in [-0.4, -0.2) is 22.7 Å². The second-order valence-corrected chi connectivity index (χ2v) is 7.70. The Kier molecular flexibility index (Phi) is 3.91. The van der Waals surface area contributed by atoms with Crippen LogP contribution in [0.15, 0.2) is 88.9 Å². The van der Waals surface area contributed by atoms with E-state index in [0.717, 1.165) is 35.7 Å². The van der Waals surface area contributed by atoms with E-state index in [2.05, 4.69) is 40.3 Å². The van der Waals surface area contributed by atoms with Crippen molar-refractivity contribution < 1.29 is 9.33 Å². The number of rotatable bonds is 5. The van der Waals surface area contributed by atoms with Crippen LogP contribution in [0.2, 0.25) is 0 Å². The van der Waals surface area contributed by atoms with Crippen molar-refractivity contribution in [1.82, 2.24) is 0 Å². The highest BCUT2D eigenvalue weighted by molar-refractivity contribution is 5.82. The monoisotopic (exact) mass is 371 g/mol. The van der Waals surface area contributed by atoms with Crippen LogP contribution < -0.4 is 9.75 Å². The van der Waals surface area contributed by atoms with Gasteiger partial charge in [-0.2, -0.15) is 0 Å². The van der Waals surface area contributed by atoms with Crippen molar-refractivity contribution >= 4 is 18.2 Å². The fourth-order valence-corrected chi connectivity index (χ4v) is 4.20. The Labute approximate surface area is 165 Å². The predicted octanol–water partition coefficient (Wildman–Crippen LogP) is 5.40. The summed E-state index contributed by atoms with van der Waals surface area (Å²) in [6.07, 6.45) is 13.3. The van der Waals surface area contributed by atoms with E-state index in [1.54, 1.807) is 0 Å². The molecule has 2 aliphatic heterocycles. The molecular formula is C23H23N4O+. The largest absolute Gasteiger partial charge is 0.457 e. The highest BCUT2D eigenvalue weighted by Gasteiger charge is 2.52. The maximum atomic E-state index is 5.97.